The van der Waals surface area contributed by atoms with E-state index in [0.29, 0.717) is 6.54 Å². The number of nitrogens with zero attached hydrogens (tertiary/aromatic N) is 1. The van der Waals surface area contributed by atoms with Gasteiger partial charge >= 0.3 is 6.03 Å². The molecule has 0 saturated heterocycles. The number of aliphatic hydroxyl groups is 1. The number of urea groups is 1. The molecule has 0 bridgehead atoms. The molecule has 0 aliphatic heterocycles. The van der Waals surface area contributed by atoms with Crippen molar-refractivity contribution >= 4 is 11.9 Å². The predicted octanol–water partition coefficient (Wildman–Crippen LogP) is -0.299. The molecule has 3 N–H and O–H groups in total. The van der Waals surface area contributed by atoms with E-state index >= 15 is 0 Å². The summed E-state index contributed by atoms with van der Waals surface area (Å²) in [5.41, 5.74) is -0.505. The van der Waals surface area contributed by atoms with Gasteiger partial charge in [0.2, 0.25) is 5.91 Å². The lowest BCUT2D eigenvalue weighted by atomic mass is 10.1. The summed E-state index contributed by atoms with van der Waals surface area (Å²) in [5, 5.41) is 13.7. The summed E-state index contributed by atoms with van der Waals surface area (Å²) in [6.45, 7) is 7.32. The maximum Gasteiger partial charge on any atom is 0.321 e. The first-order valence-electron chi connectivity index (χ1n) is 5.34. The molecule has 0 aromatic rings. The van der Waals surface area contributed by atoms with Gasteiger partial charge in [-0.15, -0.1) is 6.58 Å². The fourth-order valence-electron chi connectivity index (χ4n) is 0.925. The molecule has 0 spiro atoms. The molecule has 17 heavy (non-hydrogen) atoms. The zero-order chi connectivity index (χ0) is 13.5. The van der Waals surface area contributed by atoms with Crippen LogP contribution in [0.5, 0.6) is 0 Å². The first kappa shape index (κ1) is 15.6. The van der Waals surface area contributed by atoms with Crippen LogP contribution in [0.4, 0.5) is 4.79 Å². The Hall–Kier alpha value is -1.40. The average Bonchev–Trinajstić information content (AvgIpc) is 2.25. The Kier molecular flexibility index (Phi) is 6.45. The molecule has 3 amide bonds. The van der Waals surface area contributed by atoms with Gasteiger partial charge in [0.1, 0.15) is 0 Å². The van der Waals surface area contributed by atoms with Gasteiger partial charge in [-0.2, -0.15) is 0 Å². The first-order valence-corrected chi connectivity index (χ1v) is 5.34. The lowest BCUT2D eigenvalue weighted by Gasteiger charge is -2.33. The van der Waals surface area contributed by atoms with E-state index in [0.717, 1.165) is 0 Å². The monoisotopic (exact) mass is 243 g/mol. The Morgan fingerprint density at radius 3 is 2.53 bits per heavy atom. The zero-order valence-corrected chi connectivity index (χ0v) is 10.6. The number of likely N-dealkylation sites (N-methyl/N-ethyl adjacent to an activating group) is 1. The first-order chi connectivity index (χ1) is 7.83. The number of hydrogen-bond donors (Lipinski definition) is 3. The van der Waals surface area contributed by atoms with Crippen LogP contribution in [0.15, 0.2) is 12.7 Å². The summed E-state index contributed by atoms with van der Waals surface area (Å²) in [6, 6.07) is -0.551. The molecule has 98 valence electrons. The van der Waals surface area contributed by atoms with Crippen LogP contribution in [-0.2, 0) is 4.79 Å². The number of imide groups is 1. The second-order valence-electron chi connectivity index (χ2n) is 4.37. The van der Waals surface area contributed by atoms with Gasteiger partial charge in [0, 0.05) is 12.1 Å². The third-order valence-corrected chi connectivity index (χ3v) is 2.46. The van der Waals surface area contributed by atoms with Crippen LogP contribution in [0.3, 0.4) is 0 Å². The van der Waals surface area contributed by atoms with Crippen molar-refractivity contribution in [3.63, 3.8) is 0 Å². The molecule has 0 unspecified atom stereocenters. The fourth-order valence-corrected chi connectivity index (χ4v) is 0.925. The number of carbonyl (C=O) groups is 2. The lowest BCUT2D eigenvalue weighted by Crippen LogP contribution is -2.50. The molecule has 0 fully saturated rings. The van der Waals surface area contributed by atoms with E-state index in [9.17, 15) is 9.59 Å². The summed E-state index contributed by atoms with van der Waals surface area (Å²) in [6.07, 6.45) is 1.52. The Bertz CT molecular complexity index is 290. The van der Waals surface area contributed by atoms with E-state index in [1.165, 1.54) is 6.08 Å². The zero-order valence-electron chi connectivity index (χ0n) is 10.6. The van der Waals surface area contributed by atoms with Crippen LogP contribution in [-0.4, -0.2) is 54.2 Å². The van der Waals surface area contributed by atoms with Gasteiger partial charge in [0.05, 0.1) is 13.2 Å². The number of nitrogens with one attached hydrogen (secondary N) is 2. The number of aliphatic hydroxyl groups excluding tert-OH is 1. The number of amides is 3. The molecule has 0 radical (unpaired) electrons. The summed E-state index contributed by atoms with van der Waals surface area (Å²) in [4.78, 5) is 24.3. The van der Waals surface area contributed by atoms with Gasteiger partial charge in [-0.1, -0.05) is 6.08 Å². The molecule has 0 saturated carbocycles. The number of carbonyl (C=O) groups excluding carboxylic acids is 2. The molecule has 6 heteroatoms. The molecule has 0 heterocycles. The Morgan fingerprint density at radius 1 is 1.47 bits per heavy atom. The van der Waals surface area contributed by atoms with Crippen LogP contribution in [0, 0.1) is 0 Å². The van der Waals surface area contributed by atoms with Crippen molar-refractivity contribution in [2.24, 2.45) is 0 Å². The van der Waals surface area contributed by atoms with Crippen LogP contribution >= 0.6 is 0 Å². The third-order valence-electron chi connectivity index (χ3n) is 2.46. The van der Waals surface area contributed by atoms with Gasteiger partial charge in [-0.25, -0.2) is 4.79 Å². The fraction of sp³-hybridized carbons (Fsp3) is 0.636. The minimum atomic E-state index is -0.551. The molecule has 0 aromatic carbocycles. The maximum atomic E-state index is 11.5. The van der Waals surface area contributed by atoms with E-state index in [-0.39, 0.29) is 13.2 Å². The molecule has 0 aromatic heterocycles. The molecule has 0 aliphatic carbocycles. The van der Waals surface area contributed by atoms with Crippen LogP contribution in [0.2, 0.25) is 0 Å². The van der Waals surface area contributed by atoms with Crippen molar-refractivity contribution in [1.29, 1.82) is 0 Å². The molecule has 0 aliphatic rings. The quantitative estimate of drug-likeness (QED) is 0.559. The Morgan fingerprint density at radius 2 is 2.06 bits per heavy atom. The van der Waals surface area contributed by atoms with Crippen molar-refractivity contribution in [3.05, 3.63) is 12.7 Å². The highest BCUT2D eigenvalue weighted by molar-refractivity contribution is 5.95. The molecule has 0 rings (SSSR count). The SMILES string of the molecule is C=CCNC(=O)NC(=O)CN(C)C(C)(C)CO. The topological polar surface area (TPSA) is 81.7 Å². The summed E-state index contributed by atoms with van der Waals surface area (Å²) in [7, 11) is 1.71. The normalized spacial score (nSPS) is 11.1. The second kappa shape index (κ2) is 7.03. The minimum Gasteiger partial charge on any atom is -0.394 e. The van der Waals surface area contributed by atoms with E-state index in [2.05, 4.69) is 17.2 Å². The highest BCUT2D eigenvalue weighted by atomic mass is 16.3. The number of hydrogen-bond acceptors (Lipinski definition) is 4. The van der Waals surface area contributed by atoms with E-state index in [1.807, 2.05) is 0 Å². The van der Waals surface area contributed by atoms with Crippen molar-refractivity contribution in [1.82, 2.24) is 15.5 Å². The summed E-state index contributed by atoms with van der Waals surface area (Å²) < 4.78 is 0. The van der Waals surface area contributed by atoms with Gasteiger partial charge in [-0.3, -0.25) is 15.0 Å². The molecular weight excluding hydrogens is 222 g/mol. The second-order valence-corrected chi connectivity index (χ2v) is 4.37. The van der Waals surface area contributed by atoms with Gasteiger partial charge < -0.3 is 10.4 Å². The van der Waals surface area contributed by atoms with Gasteiger partial charge in [0.25, 0.3) is 0 Å². The standard InChI is InChI=1S/C11H21N3O3/c1-5-6-12-10(17)13-9(16)7-14(4)11(2,3)8-15/h5,15H,1,6-8H2,2-4H3,(H2,12,13,16,17). The predicted molar refractivity (Wildman–Crippen MR) is 65.5 cm³/mol. The van der Waals surface area contributed by atoms with Crippen LogP contribution in [0.1, 0.15) is 13.8 Å². The molecular formula is C11H21N3O3. The Labute approximate surface area is 102 Å². The van der Waals surface area contributed by atoms with E-state index in [1.54, 1.807) is 25.8 Å². The minimum absolute atomic E-state index is 0.0368. The van der Waals surface area contributed by atoms with Crippen LogP contribution < -0.4 is 10.6 Å². The van der Waals surface area contributed by atoms with Crippen molar-refractivity contribution < 1.29 is 14.7 Å². The van der Waals surface area contributed by atoms with Crippen molar-refractivity contribution in [3.8, 4) is 0 Å². The third kappa shape index (κ3) is 6.03. The summed E-state index contributed by atoms with van der Waals surface area (Å²) in [5.74, 6) is -0.421. The van der Waals surface area contributed by atoms with E-state index < -0.39 is 17.5 Å². The summed E-state index contributed by atoms with van der Waals surface area (Å²) >= 11 is 0. The van der Waals surface area contributed by atoms with Gasteiger partial charge in [0.15, 0.2) is 0 Å². The highest BCUT2D eigenvalue weighted by Gasteiger charge is 2.24. The maximum absolute atomic E-state index is 11.5. The van der Waals surface area contributed by atoms with Crippen molar-refractivity contribution in [2.45, 2.75) is 19.4 Å². The number of rotatable bonds is 6. The largest absolute Gasteiger partial charge is 0.394 e. The molecule has 0 atom stereocenters. The van der Waals surface area contributed by atoms with Crippen molar-refractivity contribution in [2.75, 3.05) is 26.7 Å². The highest BCUT2D eigenvalue weighted by Crippen LogP contribution is 2.09. The molecule has 6 nitrogen and oxygen atoms in total. The lowest BCUT2D eigenvalue weighted by molar-refractivity contribution is -0.122. The Balaban J connectivity index is 4.10. The smallest absolute Gasteiger partial charge is 0.321 e. The average molecular weight is 243 g/mol. The van der Waals surface area contributed by atoms with E-state index in [4.69, 9.17) is 5.11 Å². The van der Waals surface area contributed by atoms with Crippen LogP contribution in [0.25, 0.3) is 0 Å². The van der Waals surface area contributed by atoms with Gasteiger partial charge in [-0.05, 0) is 20.9 Å².